The van der Waals surface area contributed by atoms with Gasteiger partial charge in [0, 0.05) is 11.9 Å². The van der Waals surface area contributed by atoms with Crippen molar-refractivity contribution in [1.82, 2.24) is 19.7 Å². The fraction of sp³-hybridized carbons (Fsp3) is 0.267. The molecule has 13 heteroatoms. The molecule has 2 N–H and O–H groups in total. The monoisotopic (exact) mass is 426 g/mol. The predicted octanol–water partition coefficient (Wildman–Crippen LogP) is 0.459. The van der Waals surface area contributed by atoms with E-state index in [0.29, 0.717) is 5.69 Å². The summed E-state index contributed by atoms with van der Waals surface area (Å²) in [5.74, 6) is -0.723. The number of anilines is 1. The number of ether oxygens (including phenoxy) is 1. The molecule has 0 bridgehead atoms. The van der Waals surface area contributed by atoms with Crippen LogP contribution in [-0.2, 0) is 24.4 Å². The highest BCUT2D eigenvalue weighted by Crippen LogP contribution is 2.16. The molecule has 0 aliphatic carbocycles. The summed E-state index contributed by atoms with van der Waals surface area (Å²) in [6.07, 6.45) is 1.30. The first kappa shape index (κ1) is 19.9. The lowest BCUT2D eigenvalue weighted by atomic mass is 10.3. The number of aryl methyl sites for hydroxylation is 1. The largest absolute Gasteiger partial charge is 0.471 e. The van der Waals surface area contributed by atoms with Crippen LogP contribution in [0.3, 0.4) is 0 Å². The Labute approximate surface area is 165 Å². The zero-order chi connectivity index (χ0) is 20.1. The molecule has 3 rings (SSSR count). The first-order valence-corrected chi connectivity index (χ1v) is 9.80. The number of carbonyl (C=O) groups is 1. The van der Waals surface area contributed by atoms with Gasteiger partial charge in [0.05, 0.1) is 12.1 Å². The number of nitrogens with zero attached hydrogens (tertiary/aromatic N) is 4. The first-order valence-electron chi connectivity index (χ1n) is 7.94. The van der Waals surface area contributed by atoms with Crippen molar-refractivity contribution in [3.05, 3.63) is 40.8 Å². The van der Waals surface area contributed by atoms with E-state index in [1.54, 1.807) is 6.92 Å². The standard InChI is InChI=1S/C15H15ClN6O5S/c1-9-7-11(16)20-15(19-9)21-12(23)8-18-28(24,25)14-10(3-2-4-17-14)13-22-27-6-5-26-13/h2-4,7,18H,5-6,8H2,1H3,(H,19,20,21,23). The van der Waals surface area contributed by atoms with E-state index in [1.165, 1.54) is 24.4 Å². The molecule has 1 amide bonds. The van der Waals surface area contributed by atoms with Crippen molar-refractivity contribution in [2.24, 2.45) is 5.16 Å². The number of halogens is 1. The lowest BCUT2D eigenvalue weighted by Crippen LogP contribution is -2.34. The van der Waals surface area contributed by atoms with Crippen LogP contribution < -0.4 is 10.0 Å². The zero-order valence-corrected chi connectivity index (χ0v) is 16.1. The van der Waals surface area contributed by atoms with Crippen molar-refractivity contribution >= 4 is 39.4 Å². The minimum atomic E-state index is -4.15. The number of carbonyl (C=O) groups excluding carboxylic acids is 1. The molecule has 2 aromatic rings. The molecule has 28 heavy (non-hydrogen) atoms. The van der Waals surface area contributed by atoms with Crippen LogP contribution in [0.1, 0.15) is 11.3 Å². The smallest absolute Gasteiger partial charge is 0.260 e. The molecule has 148 valence electrons. The molecule has 3 heterocycles. The third-order valence-electron chi connectivity index (χ3n) is 3.31. The molecule has 0 saturated carbocycles. The van der Waals surface area contributed by atoms with Crippen molar-refractivity contribution in [2.45, 2.75) is 11.9 Å². The van der Waals surface area contributed by atoms with Crippen LogP contribution in [0.15, 0.2) is 34.6 Å². The molecule has 1 aliphatic rings. The van der Waals surface area contributed by atoms with Crippen molar-refractivity contribution < 1.29 is 22.8 Å². The maximum atomic E-state index is 12.6. The van der Waals surface area contributed by atoms with Gasteiger partial charge < -0.3 is 9.57 Å². The zero-order valence-electron chi connectivity index (χ0n) is 14.5. The van der Waals surface area contributed by atoms with E-state index in [2.05, 4.69) is 30.1 Å². The van der Waals surface area contributed by atoms with E-state index in [1.807, 2.05) is 0 Å². The average Bonchev–Trinajstić information content (AvgIpc) is 2.66. The number of hydrogen-bond acceptors (Lipinski definition) is 9. The number of sulfonamides is 1. The Balaban J connectivity index is 1.72. The second-order valence-electron chi connectivity index (χ2n) is 5.46. The van der Waals surface area contributed by atoms with Gasteiger partial charge in [-0.1, -0.05) is 11.6 Å². The van der Waals surface area contributed by atoms with Crippen LogP contribution >= 0.6 is 11.6 Å². The highest BCUT2D eigenvalue weighted by molar-refractivity contribution is 7.89. The van der Waals surface area contributed by atoms with Crippen LogP contribution in [0, 0.1) is 6.92 Å². The summed E-state index contributed by atoms with van der Waals surface area (Å²) in [5.41, 5.74) is 0.661. The lowest BCUT2D eigenvalue weighted by Gasteiger charge is -2.15. The molecular weight excluding hydrogens is 412 g/mol. The summed E-state index contributed by atoms with van der Waals surface area (Å²) in [5, 5.41) is 5.86. The van der Waals surface area contributed by atoms with E-state index in [-0.39, 0.29) is 40.8 Å². The molecule has 2 aromatic heterocycles. The van der Waals surface area contributed by atoms with Gasteiger partial charge in [-0.25, -0.2) is 28.1 Å². The van der Waals surface area contributed by atoms with Gasteiger partial charge in [-0.05, 0) is 30.3 Å². The minimum absolute atomic E-state index is 0.00743. The van der Waals surface area contributed by atoms with E-state index >= 15 is 0 Å². The normalized spacial score (nSPS) is 13.9. The number of oxime groups is 1. The molecule has 0 unspecified atom stereocenters. The van der Waals surface area contributed by atoms with Gasteiger partial charge in [0.15, 0.2) is 11.6 Å². The summed E-state index contributed by atoms with van der Waals surface area (Å²) in [6.45, 7) is 1.59. The summed E-state index contributed by atoms with van der Waals surface area (Å²) >= 11 is 5.80. The molecule has 0 spiro atoms. The van der Waals surface area contributed by atoms with Gasteiger partial charge in [-0.2, -0.15) is 0 Å². The van der Waals surface area contributed by atoms with Crippen molar-refractivity contribution in [2.75, 3.05) is 25.1 Å². The molecule has 1 aliphatic heterocycles. The van der Waals surface area contributed by atoms with Gasteiger partial charge in [0.25, 0.3) is 15.9 Å². The second kappa shape index (κ2) is 8.46. The third kappa shape index (κ3) is 4.91. The van der Waals surface area contributed by atoms with Gasteiger partial charge in [-0.3, -0.25) is 10.1 Å². The highest BCUT2D eigenvalue weighted by atomic mass is 35.5. The topological polar surface area (TPSA) is 145 Å². The Hall–Kier alpha value is -2.83. The van der Waals surface area contributed by atoms with E-state index in [0.717, 1.165) is 0 Å². The number of amides is 1. The quantitative estimate of drug-likeness (QED) is 0.633. The van der Waals surface area contributed by atoms with E-state index in [4.69, 9.17) is 21.2 Å². The Kier molecular flexibility index (Phi) is 6.02. The summed E-state index contributed by atoms with van der Waals surface area (Å²) in [7, 11) is -4.15. The van der Waals surface area contributed by atoms with Gasteiger partial charge >= 0.3 is 0 Å². The number of hydrogen-bond donors (Lipinski definition) is 2. The second-order valence-corrected chi connectivity index (χ2v) is 7.53. The molecule has 0 aromatic carbocycles. The van der Waals surface area contributed by atoms with Crippen molar-refractivity contribution in [3.63, 3.8) is 0 Å². The summed E-state index contributed by atoms with van der Waals surface area (Å²) < 4.78 is 32.7. The molecule has 0 saturated heterocycles. The third-order valence-corrected chi connectivity index (χ3v) is 4.87. The summed E-state index contributed by atoms with van der Waals surface area (Å²) in [4.78, 5) is 28.7. The van der Waals surface area contributed by atoms with Crippen LogP contribution in [0.2, 0.25) is 5.15 Å². The van der Waals surface area contributed by atoms with Crippen molar-refractivity contribution in [1.29, 1.82) is 0 Å². The fourth-order valence-corrected chi connectivity index (χ4v) is 3.53. The molecular formula is C15H15ClN6O5S. The molecule has 11 nitrogen and oxygen atoms in total. The number of pyridine rings is 1. The Bertz CT molecular complexity index is 1010. The van der Waals surface area contributed by atoms with Gasteiger partial charge in [-0.15, -0.1) is 0 Å². The maximum Gasteiger partial charge on any atom is 0.260 e. The van der Waals surface area contributed by atoms with Gasteiger partial charge in [0.1, 0.15) is 11.8 Å². The SMILES string of the molecule is Cc1cc(Cl)nc(NC(=O)CNS(=O)(=O)c2ncccc2C2=NOCCO2)n1. The van der Waals surface area contributed by atoms with Crippen LogP contribution in [0.25, 0.3) is 0 Å². The van der Waals surface area contributed by atoms with E-state index < -0.39 is 22.5 Å². The lowest BCUT2D eigenvalue weighted by molar-refractivity contribution is -0.115. The molecule has 0 atom stereocenters. The highest BCUT2D eigenvalue weighted by Gasteiger charge is 2.26. The van der Waals surface area contributed by atoms with Crippen LogP contribution in [-0.4, -0.2) is 54.9 Å². The van der Waals surface area contributed by atoms with Crippen molar-refractivity contribution in [3.8, 4) is 0 Å². The molecule has 0 fully saturated rings. The van der Waals surface area contributed by atoms with Crippen LogP contribution in [0.5, 0.6) is 0 Å². The number of nitrogens with one attached hydrogen (secondary N) is 2. The van der Waals surface area contributed by atoms with E-state index in [9.17, 15) is 13.2 Å². The maximum absolute atomic E-state index is 12.6. The van der Waals surface area contributed by atoms with Crippen LogP contribution in [0.4, 0.5) is 5.95 Å². The molecule has 0 radical (unpaired) electrons. The average molecular weight is 427 g/mol. The Morgan fingerprint density at radius 3 is 2.86 bits per heavy atom. The number of aromatic nitrogens is 3. The fourth-order valence-electron chi connectivity index (χ4n) is 2.18. The first-order chi connectivity index (χ1) is 13.3. The predicted molar refractivity (Wildman–Crippen MR) is 98.3 cm³/mol. The number of rotatable bonds is 6. The Morgan fingerprint density at radius 2 is 2.14 bits per heavy atom. The Morgan fingerprint density at radius 1 is 1.32 bits per heavy atom. The minimum Gasteiger partial charge on any atom is -0.471 e. The summed E-state index contributed by atoms with van der Waals surface area (Å²) in [6, 6.07) is 4.51. The van der Waals surface area contributed by atoms with Gasteiger partial charge in [0.2, 0.25) is 11.9 Å².